The Morgan fingerprint density at radius 1 is 1.38 bits per heavy atom. The van der Waals surface area contributed by atoms with E-state index in [4.69, 9.17) is 4.74 Å². The van der Waals surface area contributed by atoms with E-state index in [9.17, 15) is 14.4 Å². The van der Waals surface area contributed by atoms with Crippen LogP contribution in [0.15, 0.2) is 17.5 Å². The summed E-state index contributed by atoms with van der Waals surface area (Å²) >= 11 is 1.42. The quantitative estimate of drug-likeness (QED) is 0.795. The summed E-state index contributed by atoms with van der Waals surface area (Å²) in [5.41, 5.74) is 0. The van der Waals surface area contributed by atoms with Gasteiger partial charge < -0.3 is 15.0 Å². The molecule has 0 spiro atoms. The first-order valence-corrected chi connectivity index (χ1v) is 9.18. The highest BCUT2D eigenvalue weighted by Gasteiger charge is 2.29. The fourth-order valence-electron chi connectivity index (χ4n) is 2.55. The van der Waals surface area contributed by atoms with Crippen LogP contribution in [0.4, 0.5) is 0 Å². The van der Waals surface area contributed by atoms with Crippen LogP contribution in [-0.4, -0.2) is 48.4 Å². The number of esters is 1. The van der Waals surface area contributed by atoms with Crippen molar-refractivity contribution >= 4 is 29.1 Å². The van der Waals surface area contributed by atoms with Crippen molar-refractivity contribution in [2.45, 2.75) is 39.2 Å². The highest BCUT2D eigenvalue weighted by molar-refractivity contribution is 7.12. The molecule has 132 valence electrons. The van der Waals surface area contributed by atoms with E-state index in [0.29, 0.717) is 25.9 Å². The maximum Gasteiger partial charge on any atom is 0.309 e. The van der Waals surface area contributed by atoms with Crippen LogP contribution >= 0.6 is 11.3 Å². The van der Waals surface area contributed by atoms with Crippen LogP contribution < -0.4 is 5.32 Å². The summed E-state index contributed by atoms with van der Waals surface area (Å²) in [6, 6.07) is 3.73. The first-order valence-electron chi connectivity index (χ1n) is 8.30. The number of nitrogens with zero attached hydrogens (tertiary/aromatic N) is 1. The lowest BCUT2D eigenvalue weighted by Crippen LogP contribution is -2.41. The summed E-state index contributed by atoms with van der Waals surface area (Å²) in [6.45, 7) is 4.71. The lowest BCUT2D eigenvalue weighted by atomic mass is 9.97. The molecule has 1 aliphatic rings. The summed E-state index contributed by atoms with van der Waals surface area (Å²) in [5, 5.41) is 4.63. The number of amides is 2. The van der Waals surface area contributed by atoms with E-state index in [0.717, 1.165) is 11.3 Å². The Bertz CT molecular complexity index is 565. The van der Waals surface area contributed by atoms with Crippen molar-refractivity contribution in [2.24, 2.45) is 5.92 Å². The van der Waals surface area contributed by atoms with Crippen LogP contribution in [0.3, 0.4) is 0 Å². The van der Waals surface area contributed by atoms with Gasteiger partial charge in [-0.1, -0.05) is 13.0 Å². The third-order valence-electron chi connectivity index (χ3n) is 4.21. The molecule has 0 aliphatic carbocycles. The van der Waals surface area contributed by atoms with Crippen molar-refractivity contribution in [3.8, 4) is 0 Å². The van der Waals surface area contributed by atoms with E-state index in [2.05, 4.69) is 5.32 Å². The van der Waals surface area contributed by atoms with E-state index in [1.54, 1.807) is 4.90 Å². The molecule has 2 rings (SSSR count). The van der Waals surface area contributed by atoms with Gasteiger partial charge in [0, 0.05) is 19.1 Å². The van der Waals surface area contributed by atoms with Gasteiger partial charge in [-0.25, -0.2) is 0 Å². The van der Waals surface area contributed by atoms with Crippen LogP contribution in [0, 0.1) is 5.92 Å². The Hall–Kier alpha value is -1.89. The van der Waals surface area contributed by atoms with Crippen molar-refractivity contribution in [3.63, 3.8) is 0 Å². The second-order valence-corrected chi connectivity index (χ2v) is 6.98. The number of carbonyl (C=O) groups is 3. The highest BCUT2D eigenvalue weighted by Crippen LogP contribution is 2.21. The first kappa shape index (κ1) is 18.4. The molecule has 6 nitrogen and oxygen atoms in total. The minimum atomic E-state index is -0.350. The molecule has 1 fully saturated rings. The number of piperidine rings is 1. The van der Waals surface area contributed by atoms with Gasteiger partial charge in [0.2, 0.25) is 0 Å². The maximum atomic E-state index is 12.3. The van der Waals surface area contributed by atoms with Gasteiger partial charge in [-0.15, -0.1) is 11.3 Å². The van der Waals surface area contributed by atoms with Gasteiger partial charge in [0.25, 0.3) is 11.8 Å². The SMILES string of the molecule is CC[C@H](C)NC(=O)COC(=O)C1CCN(C(=O)c2cccs2)CC1. The van der Waals surface area contributed by atoms with Crippen molar-refractivity contribution in [1.82, 2.24) is 10.2 Å². The molecule has 0 saturated carbocycles. The van der Waals surface area contributed by atoms with Crippen molar-refractivity contribution in [3.05, 3.63) is 22.4 Å². The molecule has 2 amide bonds. The highest BCUT2D eigenvalue weighted by atomic mass is 32.1. The van der Waals surface area contributed by atoms with Gasteiger partial charge in [0.05, 0.1) is 10.8 Å². The fourth-order valence-corrected chi connectivity index (χ4v) is 3.24. The molecule has 1 saturated heterocycles. The maximum absolute atomic E-state index is 12.3. The number of rotatable bonds is 6. The zero-order chi connectivity index (χ0) is 17.5. The van der Waals surface area contributed by atoms with Crippen LogP contribution in [0.25, 0.3) is 0 Å². The molecule has 1 aromatic rings. The summed E-state index contributed by atoms with van der Waals surface area (Å²) in [6.07, 6.45) is 1.97. The largest absolute Gasteiger partial charge is 0.455 e. The van der Waals surface area contributed by atoms with Crippen molar-refractivity contribution in [1.29, 1.82) is 0 Å². The average molecular weight is 352 g/mol. The summed E-state index contributed by atoms with van der Waals surface area (Å²) in [7, 11) is 0. The van der Waals surface area contributed by atoms with E-state index < -0.39 is 0 Å². The van der Waals surface area contributed by atoms with E-state index in [1.165, 1.54) is 11.3 Å². The molecular formula is C17H24N2O4S. The van der Waals surface area contributed by atoms with Crippen molar-refractivity contribution < 1.29 is 19.1 Å². The molecule has 24 heavy (non-hydrogen) atoms. The van der Waals surface area contributed by atoms with Gasteiger partial charge in [0.15, 0.2) is 6.61 Å². The van der Waals surface area contributed by atoms with Gasteiger partial charge in [-0.3, -0.25) is 14.4 Å². The molecule has 1 atom stereocenters. The fraction of sp³-hybridized carbons (Fsp3) is 0.588. The second-order valence-electron chi connectivity index (χ2n) is 6.03. The minimum absolute atomic E-state index is 0.0183. The van der Waals surface area contributed by atoms with Crippen LogP contribution in [-0.2, 0) is 14.3 Å². The smallest absolute Gasteiger partial charge is 0.309 e. The average Bonchev–Trinajstić information content (AvgIpc) is 3.13. The number of nitrogens with one attached hydrogen (secondary N) is 1. The van der Waals surface area contributed by atoms with Gasteiger partial charge >= 0.3 is 5.97 Å². The number of carbonyl (C=O) groups excluding carboxylic acids is 3. The second kappa shape index (κ2) is 8.82. The third kappa shape index (κ3) is 5.06. The third-order valence-corrected chi connectivity index (χ3v) is 5.07. The molecule has 0 radical (unpaired) electrons. The lowest BCUT2D eigenvalue weighted by molar-refractivity contribution is -0.154. The lowest BCUT2D eigenvalue weighted by Gasteiger charge is -2.30. The number of ether oxygens (including phenoxy) is 1. The first-order chi connectivity index (χ1) is 11.5. The Morgan fingerprint density at radius 3 is 2.67 bits per heavy atom. The van der Waals surface area contributed by atoms with E-state index >= 15 is 0 Å². The van der Waals surface area contributed by atoms with Gasteiger partial charge in [-0.05, 0) is 37.6 Å². The van der Waals surface area contributed by atoms with Gasteiger partial charge in [-0.2, -0.15) is 0 Å². The minimum Gasteiger partial charge on any atom is -0.455 e. The molecule has 1 N–H and O–H groups in total. The monoisotopic (exact) mass is 352 g/mol. The topological polar surface area (TPSA) is 75.7 Å². The summed E-state index contributed by atoms with van der Waals surface area (Å²) in [5.74, 6) is -0.848. The molecular weight excluding hydrogens is 328 g/mol. The normalized spacial score (nSPS) is 16.5. The van der Waals surface area contributed by atoms with Crippen LogP contribution in [0.5, 0.6) is 0 Å². The van der Waals surface area contributed by atoms with Crippen molar-refractivity contribution in [2.75, 3.05) is 19.7 Å². The Balaban J connectivity index is 1.72. The van der Waals surface area contributed by atoms with Crippen LogP contribution in [0.1, 0.15) is 42.8 Å². The zero-order valence-electron chi connectivity index (χ0n) is 14.1. The standard InChI is InChI=1S/C17H24N2O4S/c1-3-12(2)18-15(20)11-23-17(22)13-6-8-19(9-7-13)16(21)14-5-4-10-24-14/h4-5,10,12-13H,3,6-9,11H2,1-2H3,(H,18,20)/t12-/m0/s1. The Kier molecular flexibility index (Phi) is 6.78. The number of likely N-dealkylation sites (tertiary alicyclic amines) is 1. The number of hydrogen-bond acceptors (Lipinski definition) is 5. The predicted octanol–water partition coefficient (Wildman–Crippen LogP) is 2.06. The van der Waals surface area contributed by atoms with E-state index in [-0.39, 0.29) is 36.4 Å². The number of thiophene rings is 1. The van der Waals surface area contributed by atoms with Crippen LogP contribution in [0.2, 0.25) is 0 Å². The summed E-state index contributed by atoms with van der Waals surface area (Å²) in [4.78, 5) is 38.4. The molecule has 1 aromatic heterocycles. The molecule has 0 aromatic carbocycles. The molecule has 0 unspecified atom stereocenters. The molecule has 2 heterocycles. The summed E-state index contributed by atoms with van der Waals surface area (Å²) < 4.78 is 5.10. The number of hydrogen-bond donors (Lipinski definition) is 1. The molecule has 0 bridgehead atoms. The van der Waals surface area contributed by atoms with E-state index in [1.807, 2.05) is 31.4 Å². The predicted molar refractivity (Wildman–Crippen MR) is 91.8 cm³/mol. The van der Waals surface area contributed by atoms with Gasteiger partial charge in [0.1, 0.15) is 0 Å². The zero-order valence-corrected chi connectivity index (χ0v) is 14.9. The molecule has 7 heteroatoms. The Morgan fingerprint density at radius 2 is 2.08 bits per heavy atom. The molecule has 1 aliphatic heterocycles. The Labute approximate surface area is 146 Å².